The van der Waals surface area contributed by atoms with Crippen molar-refractivity contribution in [1.82, 2.24) is 19.9 Å². The van der Waals surface area contributed by atoms with Crippen LogP contribution in [0.3, 0.4) is 0 Å². The molecule has 0 aliphatic rings. The number of nitrogens with zero attached hydrogens (tertiary/aromatic N) is 4. The van der Waals surface area contributed by atoms with Crippen molar-refractivity contribution < 1.29 is 4.79 Å². The summed E-state index contributed by atoms with van der Waals surface area (Å²) in [6.07, 6.45) is 1.72. The Bertz CT molecular complexity index is 1090. The van der Waals surface area contributed by atoms with Gasteiger partial charge in [-0.05, 0) is 40.3 Å². The number of hydrogen-bond donors (Lipinski definition) is 0. The van der Waals surface area contributed by atoms with Crippen LogP contribution in [0.15, 0.2) is 60.1 Å². The molecule has 4 rings (SSSR count). The number of carbonyl (C=O) groups excluding carboxylic acids is 1. The molecular formula is C21H20N4OS. The number of hydrogen-bond acceptors (Lipinski definition) is 4. The van der Waals surface area contributed by atoms with Crippen LogP contribution in [-0.4, -0.2) is 32.8 Å². The Kier molecular flexibility index (Phi) is 4.73. The van der Waals surface area contributed by atoms with Crippen LogP contribution in [0, 0.1) is 6.92 Å². The molecule has 0 aliphatic carbocycles. The lowest BCUT2D eigenvalue weighted by Gasteiger charge is -2.15. The van der Waals surface area contributed by atoms with E-state index in [1.807, 2.05) is 23.6 Å². The summed E-state index contributed by atoms with van der Waals surface area (Å²) in [7, 11) is 1.80. The third kappa shape index (κ3) is 3.61. The van der Waals surface area contributed by atoms with E-state index in [1.54, 1.807) is 34.2 Å². The standard InChI is InChI=1S/C21H20N4OS/c1-15-10-11-27-20(15)14-24(2)21(26)19-13-25(23-22-19)12-17-8-5-7-16-6-3-4-9-18(16)17/h3-11,13H,12,14H2,1-2H3. The summed E-state index contributed by atoms with van der Waals surface area (Å²) in [6.45, 7) is 3.22. The molecule has 6 heteroatoms. The highest BCUT2D eigenvalue weighted by Gasteiger charge is 2.17. The van der Waals surface area contributed by atoms with Crippen molar-refractivity contribution in [1.29, 1.82) is 0 Å². The summed E-state index contributed by atoms with van der Waals surface area (Å²) in [6, 6.07) is 16.5. The second kappa shape index (κ2) is 7.32. The summed E-state index contributed by atoms with van der Waals surface area (Å²) in [5, 5.41) is 12.7. The Morgan fingerprint density at radius 2 is 1.96 bits per heavy atom. The van der Waals surface area contributed by atoms with Gasteiger partial charge in [0, 0.05) is 11.9 Å². The van der Waals surface area contributed by atoms with Crippen LogP contribution in [-0.2, 0) is 13.1 Å². The van der Waals surface area contributed by atoms with E-state index in [-0.39, 0.29) is 5.91 Å². The molecule has 0 bridgehead atoms. The van der Waals surface area contributed by atoms with Gasteiger partial charge in [-0.25, -0.2) is 4.68 Å². The van der Waals surface area contributed by atoms with Gasteiger partial charge in [-0.3, -0.25) is 4.79 Å². The average molecular weight is 376 g/mol. The molecule has 2 aromatic carbocycles. The fourth-order valence-electron chi connectivity index (χ4n) is 3.13. The molecule has 1 amide bonds. The molecule has 0 fully saturated rings. The van der Waals surface area contributed by atoms with Gasteiger partial charge >= 0.3 is 0 Å². The van der Waals surface area contributed by atoms with E-state index in [1.165, 1.54) is 21.2 Å². The summed E-state index contributed by atoms with van der Waals surface area (Å²) in [5.74, 6) is -0.119. The van der Waals surface area contributed by atoms with Crippen LogP contribution in [0.5, 0.6) is 0 Å². The number of aromatic nitrogens is 3. The molecule has 2 aromatic heterocycles. The molecule has 0 aliphatic heterocycles. The lowest BCUT2D eigenvalue weighted by molar-refractivity contribution is 0.0780. The lowest BCUT2D eigenvalue weighted by atomic mass is 10.0. The SMILES string of the molecule is Cc1ccsc1CN(C)C(=O)c1cn(Cc2cccc3ccccc23)nn1. The number of fused-ring (bicyclic) bond motifs is 1. The Balaban J connectivity index is 1.51. The van der Waals surface area contributed by atoms with Crippen molar-refractivity contribution in [3.05, 3.63) is 81.8 Å². The molecule has 4 aromatic rings. The van der Waals surface area contributed by atoms with Crippen LogP contribution in [0.25, 0.3) is 10.8 Å². The van der Waals surface area contributed by atoms with E-state index >= 15 is 0 Å². The summed E-state index contributed by atoms with van der Waals surface area (Å²) in [5.41, 5.74) is 2.73. The van der Waals surface area contributed by atoms with Crippen LogP contribution in [0.2, 0.25) is 0 Å². The van der Waals surface area contributed by atoms with E-state index < -0.39 is 0 Å². The highest BCUT2D eigenvalue weighted by atomic mass is 32.1. The molecule has 2 heterocycles. The lowest BCUT2D eigenvalue weighted by Crippen LogP contribution is -2.26. The first-order valence-corrected chi connectivity index (χ1v) is 9.65. The van der Waals surface area contributed by atoms with Gasteiger partial charge in [0.2, 0.25) is 0 Å². The molecule has 0 N–H and O–H groups in total. The fraction of sp³-hybridized carbons (Fsp3) is 0.190. The number of carbonyl (C=O) groups is 1. The van der Waals surface area contributed by atoms with Crippen molar-refractivity contribution in [3.8, 4) is 0 Å². The van der Waals surface area contributed by atoms with Gasteiger partial charge in [0.25, 0.3) is 5.91 Å². The Labute approximate surface area is 161 Å². The van der Waals surface area contributed by atoms with Gasteiger partial charge in [-0.2, -0.15) is 0 Å². The largest absolute Gasteiger partial charge is 0.335 e. The van der Waals surface area contributed by atoms with Crippen LogP contribution >= 0.6 is 11.3 Å². The predicted octanol–water partition coefficient (Wildman–Crippen LogP) is 4.12. The quantitative estimate of drug-likeness (QED) is 0.526. The molecule has 0 saturated heterocycles. The van der Waals surface area contributed by atoms with Crippen molar-refractivity contribution in [2.24, 2.45) is 0 Å². The third-order valence-corrected chi connectivity index (χ3v) is 5.67. The maximum absolute atomic E-state index is 12.7. The second-order valence-corrected chi connectivity index (χ2v) is 7.63. The minimum atomic E-state index is -0.119. The molecule has 0 spiro atoms. The fourth-order valence-corrected chi connectivity index (χ4v) is 4.09. The van der Waals surface area contributed by atoms with Crippen LogP contribution in [0.1, 0.15) is 26.5 Å². The molecular weight excluding hydrogens is 356 g/mol. The third-order valence-electron chi connectivity index (χ3n) is 4.67. The highest BCUT2D eigenvalue weighted by Crippen LogP contribution is 2.20. The molecule has 27 heavy (non-hydrogen) atoms. The highest BCUT2D eigenvalue weighted by molar-refractivity contribution is 7.10. The second-order valence-electron chi connectivity index (χ2n) is 6.63. The maximum atomic E-state index is 12.7. The van der Waals surface area contributed by atoms with Crippen molar-refractivity contribution in [2.45, 2.75) is 20.0 Å². The first-order valence-electron chi connectivity index (χ1n) is 8.77. The summed E-state index contributed by atoms with van der Waals surface area (Å²) in [4.78, 5) is 15.5. The zero-order chi connectivity index (χ0) is 18.8. The summed E-state index contributed by atoms with van der Waals surface area (Å²) < 4.78 is 1.72. The van der Waals surface area contributed by atoms with E-state index in [9.17, 15) is 4.79 Å². The first kappa shape index (κ1) is 17.4. The summed E-state index contributed by atoms with van der Waals surface area (Å²) >= 11 is 1.66. The smallest absolute Gasteiger partial charge is 0.276 e. The molecule has 0 radical (unpaired) electrons. The van der Waals surface area contributed by atoms with E-state index in [0.29, 0.717) is 18.8 Å². The van der Waals surface area contributed by atoms with E-state index in [2.05, 4.69) is 47.6 Å². The zero-order valence-corrected chi connectivity index (χ0v) is 16.1. The van der Waals surface area contributed by atoms with Gasteiger partial charge in [-0.15, -0.1) is 16.4 Å². The molecule has 0 saturated carbocycles. The van der Waals surface area contributed by atoms with Crippen LogP contribution < -0.4 is 0 Å². The zero-order valence-electron chi connectivity index (χ0n) is 15.3. The van der Waals surface area contributed by atoms with Crippen molar-refractivity contribution in [2.75, 3.05) is 7.05 Å². The number of benzene rings is 2. The number of aryl methyl sites for hydroxylation is 1. The van der Waals surface area contributed by atoms with Crippen LogP contribution in [0.4, 0.5) is 0 Å². The Hall–Kier alpha value is -2.99. The minimum absolute atomic E-state index is 0.119. The van der Waals surface area contributed by atoms with Crippen molar-refractivity contribution >= 4 is 28.0 Å². The Morgan fingerprint density at radius 3 is 2.78 bits per heavy atom. The van der Waals surface area contributed by atoms with E-state index in [4.69, 9.17) is 0 Å². The van der Waals surface area contributed by atoms with Gasteiger partial charge in [0.05, 0.1) is 19.3 Å². The normalized spacial score (nSPS) is 11.0. The topological polar surface area (TPSA) is 51.0 Å². The molecule has 136 valence electrons. The number of amides is 1. The number of rotatable bonds is 5. The predicted molar refractivity (Wildman–Crippen MR) is 108 cm³/mol. The number of thiophene rings is 1. The monoisotopic (exact) mass is 376 g/mol. The molecule has 5 nitrogen and oxygen atoms in total. The molecule has 0 unspecified atom stereocenters. The average Bonchev–Trinajstić information content (AvgIpc) is 3.31. The van der Waals surface area contributed by atoms with E-state index in [0.717, 1.165) is 5.56 Å². The maximum Gasteiger partial charge on any atom is 0.276 e. The minimum Gasteiger partial charge on any atom is -0.335 e. The first-order chi connectivity index (χ1) is 13.1. The van der Waals surface area contributed by atoms with Gasteiger partial charge in [-0.1, -0.05) is 47.7 Å². The Morgan fingerprint density at radius 1 is 1.15 bits per heavy atom. The van der Waals surface area contributed by atoms with Gasteiger partial charge < -0.3 is 4.90 Å². The molecule has 0 atom stereocenters. The van der Waals surface area contributed by atoms with Crippen molar-refractivity contribution in [3.63, 3.8) is 0 Å². The van der Waals surface area contributed by atoms with Gasteiger partial charge in [0.1, 0.15) is 0 Å². The van der Waals surface area contributed by atoms with Gasteiger partial charge in [0.15, 0.2) is 5.69 Å².